The summed E-state index contributed by atoms with van der Waals surface area (Å²) < 4.78 is 7.13. The monoisotopic (exact) mass is 940 g/mol. The van der Waals surface area contributed by atoms with Gasteiger partial charge in [-0.1, -0.05) is 190 Å². The number of aryl methyl sites for hydroxylation is 3. The number of phenols is 1. The molecule has 0 fully saturated rings. The molecule has 0 aliphatic heterocycles. The van der Waals surface area contributed by atoms with Gasteiger partial charge in [-0.15, -0.1) is 0 Å². The van der Waals surface area contributed by atoms with Crippen LogP contribution in [0.15, 0.2) is 235 Å². The van der Waals surface area contributed by atoms with Crippen molar-refractivity contribution in [1.29, 1.82) is 0 Å². The molecule has 350 valence electrons. The summed E-state index contributed by atoms with van der Waals surface area (Å²) in [5.41, 5.74) is 17.4. The summed E-state index contributed by atoms with van der Waals surface area (Å²) in [6, 6.07) is 82.4. The Kier molecular flexibility index (Phi) is 10.8. The summed E-state index contributed by atoms with van der Waals surface area (Å²) in [5, 5.41) is 21.7. The van der Waals surface area contributed by atoms with Gasteiger partial charge in [-0.2, -0.15) is 0 Å². The molecule has 1 N–H and O–H groups in total. The van der Waals surface area contributed by atoms with Gasteiger partial charge in [-0.05, 0) is 135 Å². The van der Waals surface area contributed by atoms with Gasteiger partial charge in [0.1, 0.15) is 11.3 Å². The Balaban J connectivity index is 1.03. The van der Waals surface area contributed by atoms with Gasteiger partial charge in [0, 0.05) is 44.0 Å². The minimum Gasteiger partial charge on any atom is -0.505 e. The van der Waals surface area contributed by atoms with Gasteiger partial charge < -0.3 is 19.3 Å². The van der Waals surface area contributed by atoms with E-state index in [0.717, 1.165) is 113 Å². The quantitative estimate of drug-likeness (QED) is 0.131. The number of furan rings is 1. The van der Waals surface area contributed by atoms with Gasteiger partial charge >= 0.3 is 0 Å². The third-order valence-electron chi connectivity index (χ3n) is 15.0. The summed E-state index contributed by atoms with van der Waals surface area (Å²) in [7, 11) is 0. The minimum atomic E-state index is 0.222. The van der Waals surface area contributed by atoms with E-state index in [-0.39, 0.29) is 5.75 Å². The number of fused-ring (bicyclic) bond motifs is 3. The van der Waals surface area contributed by atoms with Crippen LogP contribution in [0, 0.1) is 6.92 Å². The molecular weight excluding hydrogens is 889 g/mol. The molecule has 0 amide bonds. The van der Waals surface area contributed by atoms with Crippen molar-refractivity contribution in [3.05, 3.63) is 247 Å². The van der Waals surface area contributed by atoms with E-state index >= 15 is 0 Å². The normalized spacial score (nSPS) is 11.7. The van der Waals surface area contributed by atoms with Crippen molar-refractivity contribution in [3.8, 4) is 39.1 Å². The highest BCUT2D eigenvalue weighted by molar-refractivity contribution is 6.28. The lowest BCUT2D eigenvalue weighted by Gasteiger charge is -2.30. The van der Waals surface area contributed by atoms with E-state index in [2.05, 4.69) is 249 Å². The number of benzene rings is 12. The molecule has 12 aromatic carbocycles. The fraction of sp³-hybridized carbons (Fsp3) is 0.0725. The van der Waals surface area contributed by atoms with E-state index in [1.165, 1.54) is 33.0 Å². The first kappa shape index (κ1) is 43.9. The summed E-state index contributed by atoms with van der Waals surface area (Å²) in [5.74, 6) is 0.222. The van der Waals surface area contributed by atoms with Crippen molar-refractivity contribution in [2.45, 2.75) is 33.6 Å². The second-order valence-electron chi connectivity index (χ2n) is 19.2. The fourth-order valence-electron chi connectivity index (χ4n) is 11.3. The van der Waals surface area contributed by atoms with Crippen LogP contribution in [0.5, 0.6) is 5.75 Å². The third-order valence-corrected chi connectivity index (χ3v) is 15.0. The number of anilines is 6. The second-order valence-corrected chi connectivity index (χ2v) is 19.2. The van der Waals surface area contributed by atoms with Crippen LogP contribution >= 0.6 is 0 Å². The highest BCUT2D eigenvalue weighted by atomic mass is 16.3. The number of hydrogen-bond acceptors (Lipinski definition) is 4. The summed E-state index contributed by atoms with van der Waals surface area (Å²) in [6.45, 7) is 6.55. The number of para-hydroxylation sites is 3. The zero-order valence-corrected chi connectivity index (χ0v) is 41.1. The Morgan fingerprint density at radius 1 is 0.370 bits per heavy atom. The lowest BCUT2D eigenvalue weighted by Crippen LogP contribution is -2.12. The zero-order valence-electron chi connectivity index (χ0n) is 41.1. The summed E-state index contributed by atoms with van der Waals surface area (Å²) in [6.07, 6.45) is 1.79. The van der Waals surface area contributed by atoms with E-state index in [0.29, 0.717) is 5.69 Å². The van der Waals surface area contributed by atoms with Crippen molar-refractivity contribution >= 4 is 88.4 Å². The molecule has 0 spiro atoms. The van der Waals surface area contributed by atoms with E-state index in [9.17, 15) is 5.11 Å². The molecule has 4 nitrogen and oxygen atoms in total. The lowest BCUT2D eigenvalue weighted by atomic mass is 9.91. The van der Waals surface area contributed by atoms with Crippen LogP contribution in [-0.2, 0) is 12.8 Å². The molecule has 0 bridgehead atoms. The highest BCUT2D eigenvalue weighted by Crippen LogP contribution is 2.51. The van der Waals surface area contributed by atoms with E-state index in [1.54, 1.807) is 0 Å². The van der Waals surface area contributed by atoms with Crippen LogP contribution in [0.25, 0.3) is 87.6 Å². The molecule has 13 aromatic rings. The fourth-order valence-corrected chi connectivity index (χ4v) is 11.3. The SMILES string of the molecule is CCc1cccc(N(c2cccc(-c3cccc(-c4ccccc4C)c3)c2O)c2ccc3ccc4c(N(c5cccc(CC)c5)c5cccc6c5oc5c(-c7ccccc7)cccc56)ccc5ccc2c3c54)c1. The average Bonchev–Trinajstić information content (AvgIpc) is 3.84. The van der Waals surface area contributed by atoms with Crippen LogP contribution < -0.4 is 9.80 Å². The minimum absolute atomic E-state index is 0.222. The molecular formula is C69H52N2O2. The Morgan fingerprint density at radius 3 is 1.52 bits per heavy atom. The van der Waals surface area contributed by atoms with E-state index in [1.807, 2.05) is 12.1 Å². The molecule has 4 heteroatoms. The van der Waals surface area contributed by atoms with Crippen molar-refractivity contribution in [2.75, 3.05) is 9.80 Å². The van der Waals surface area contributed by atoms with Crippen molar-refractivity contribution < 1.29 is 9.52 Å². The maximum atomic E-state index is 12.7. The summed E-state index contributed by atoms with van der Waals surface area (Å²) >= 11 is 0. The molecule has 0 saturated heterocycles. The van der Waals surface area contributed by atoms with Gasteiger partial charge in [0.05, 0.1) is 22.7 Å². The molecule has 0 saturated carbocycles. The number of rotatable bonds is 11. The van der Waals surface area contributed by atoms with Crippen molar-refractivity contribution in [2.24, 2.45) is 0 Å². The maximum absolute atomic E-state index is 12.7. The Hall–Kier alpha value is -9.12. The maximum Gasteiger partial charge on any atom is 0.159 e. The standard InChI is InChI=1S/C69H52N2O2/c1-4-45-18-11-24-52(41-45)70(63-31-15-27-55(67(63)72)51-23-13-22-50(43-51)54-26-10-9-17-44(54)3)61-39-35-48-34-38-60-62(40-36-49-33-37-59(61)65(48)66(49)60)71(53-25-12-19-46(5-2)42-53)64-32-16-30-58-57-29-14-28-56(68(57)73-69(58)64)47-20-7-6-8-21-47/h6-43,72H,4-5H2,1-3H3. The molecule has 73 heavy (non-hydrogen) atoms. The van der Waals surface area contributed by atoms with Crippen LogP contribution in [0.1, 0.15) is 30.5 Å². The Labute approximate surface area is 425 Å². The first-order valence-corrected chi connectivity index (χ1v) is 25.4. The number of hydrogen-bond donors (Lipinski definition) is 1. The molecule has 1 aromatic heterocycles. The predicted molar refractivity (Wildman–Crippen MR) is 308 cm³/mol. The smallest absolute Gasteiger partial charge is 0.159 e. The van der Waals surface area contributed by atoms with E-state index in [4.69, 9.17) is 4.42 Å². The topological polar surface area (TPSA) is 39.9 Å². The zero-order chi connectivity index (χ0) is 49.2. The van der Waals surface area contributed by atoms with Crippen LogP contribution in [-0.4, -0.2) is 5.11 Å². The third kappa shape index (κ3) is 7.37. The van der Waals surface area contributed by atoms with Gasteiger partial charge in [0.25, 0.3) is 0 Å². The first-order chi connectivity index (χ1) is 35.9. The number of phenolic OH excluding ortho intramolecular Hbond substituents is 1. The van der Waals surface area contributed by atoms with Crippen LogP contribution in [0.4, 0.5) is 34.1 Å². The van der Waals surface area contributed by atoms with Gasteiger partial charge in [0.15, 0.2) is 5.58 Å². The van der Waals surface area contributed by atoms with Gasteiger partial charge in [0.2, 0.25) is 0 Å². The second kappa shape index (κ2) is 17.9. The Bertz CT molecular complexity index is 4230. The molecule has 0 radical (unpaired) electrons. The van der Waals surface area contributed by atoms with Crippen molar-refractivity contribution in [1.82, 2.24) is 0 Å². The summed E-state index contributed by atoms with van der Waals surface area (Å²) in [4.78, 5) is 4.66. The van der Waals surface area contributed by atoms with Crippen molar-refractivity contribution in [3.63, 3.8) is 0 Å². The van der Waals surface area contributed by atoms with E-state index < -0.39 is 0 Å². The molecule has 13 rings (SSSR count). The van der Waals surface area contributed by atoms with Gasteiger partial charge in [-0.3, -0.25) is 0 Å². The predicted octanol–water partition coefficient (Wildman–Crippen LogP) is 19.6. The molecule has 1 heterocycles. The van der Waals surface area contributed by atoms with Gasteiger partial charge in [-0.25, -0.2) is 0 Å². The number of nitrogens with zero attached hydrogens (tertiary/aromatic N) is 2. The molecule has 0 unspecified atom stereocenters. The molecule has 0 aliphatic rings. The van der Waals surface area contributed by atoms with Crippen LogP contribution in [0.3, 0.4) is 0 Å². The van der Waals surface area contributed by atoms with Crippen LogP contribution in [0.2, 0.25) is 0 Å². The Morgan fingerprint density at radius 2 is 0.863 bits per heavy atom. The number of aromatic hydroxyl groups is 1. The lowest BCUT2D eigenvalue weighted by molar-refractivity contribution is 0.478. The molecule has 0 atom stereocenters. The largest absolute Gasteiger partial charge is 0.505 e. The average molecular weight is 941 g/mol. The molecule has 0 aliphatic carbocycles. The highest BCUT2D eigenvalue weighted by Gasteiger charge is 2.26. The first-order valence-electron chi connectivity index (χ1n) is 25.4.